The molecule has 3 nitrogen and oxygen atoms in total. The average Bonchev–Trinajstić information content (AvgIpc) is 1.93. The molecule has 0 saturated carbocycles. The minimum Gasteiger partial charge on any atom is -0.403 e. The molecule has 0 atom stereocenters. The van der Waals surface area contributed by atoms with E-state index >= 15 is 0 Å². The fourth-order valence-electron chi connectivity index (χ4n) is 0.639. The smallest absolute Gasteiger partial charge is 0.403 e. The van der Waals surface area contributed by atoms with Gasteiger partial charge in [0.1, 0.15) is 3.70 Å². The zero-order valence-electron chi connectivity index (χ0n) is 5.98. The SMILES string of the molecule is O=c1ccc(OC(F)(F)F)c(I)[nH]1. The Kier molecular flexibility index (Phi) is 2.84. The Morgan fingerprint density at radius 3 is 2.46 bits per heavy atom. The van der Waals surface area contributed by atoms with Crippen LogP contribution in [0.15, 0.2) is 16.9 Å². The van der Waals surface area contributed by atoms with Gasteiger partial charge in [0.15, 0.2) is 5.75 Å². The van der Waals surface area contributed by atoms with Gasteiger partial charge in [0, 0.05) is 6.07 Å². The van der Waals surface area contributed by atoms with Crippen molar-refractivity contribution in [3.05, 3.63) is 26.2 Å². The van der Waals surface area contributed by atoms with Gasteiger partial charge in [-0.1, -0.05) is 0 Å². The predicted octanol–water partition coefficient (Wildman–Crippen LogP) is 1.88. The average molecular weight is 305 g/mol. The molecule has 0 fully saturated rings. The lowest BCUT2D eigenvalue weighted by atomic mass is 10.5. The van der Waals surface area contributed by atoms with Crippen molar-refractivity contribution in [2.24, 2.45) is 0 Å². The van der Waals surface area contributed by atoms with Crippen LogP contribution < -0.4 is 10.3 Å². The van der Waals surface area contributed by atoms with Crippen molar-refractivity contribution < 1.29 is 17.9 Å². The number of aromatic amines is 1. The van der Waals surface area contributed by atoms with Crippen LogP contribution in [0, 0.1) is 3.70 Å². The number of nitrogens with one attached hydrogen (secondary N) is 1. The highest BCUT2D eigenvalue weighted by molar-refractivity contribution is 14.1. The monoisotopic (exact) mass is 305 g/mol. The highest BCUT2D eigenvalue weighted by Gasteiger charge is 2.32. The number of pyridine rings is 1. The van der Waals surface area contributed by atoms with Crippen LogP contribution in [0.25, 0.3) is 0 Å². The quantitative estimate of drug-likeness (QED) is 0.636. The van der Waals surface area contributed by atoms with E-state index in [0.29, 0.717) is 0 Å². The van der Waals surface area contributed by atoms with Gasteiger partial charge in [0.25, 0.3) is 0 Å². The molecule has 0 aromatic carbocycles. The van der Waals surface area contributed by atoms with Crippen LogP contribution >= 0.6 is 22.6 Å². The first-order chi connectivity index (χ1) is 5.88. The summed E-state index contributed by atoms with van der Waals surface area (Å²) in [6.07, 6.45) is -4.74. The molecule has 72 valence electrons. The second kappa shape index (κ2) is 3.56. The molecule has 0 aliphatic rings. The first-order valence-corrected chi connectivity index (χ1v) is 4.11. The van der Waals surface area contributed by atoms with Gasteiger partial charge < -0.3 is 9.72 Å². The largest absolute Gasteiger partial charge is 0.573 e. The molecule has 1 heterocycles. The zero-order valence-corrected chi connectivity index (χ0v) is 8.14. The van der Waals surface area contributed by atoms with E-state index in [1.54, 1.807) is 22.6 Å². The molecule has 0 bridgehead atoms. The van der Waals surface area contributed by atoms with E-state index in [-0.39, 0.29) is 3.70 Å². The number of aromatic nitrogens is 1. The normalized spacial score (nSPS) is 11.4. The molecule has 1 N–H and O–H groups in total. The van der Waals surface area contributed by atoms with Crippen LogP contribution in [0.1, 0.15) is 0 Å². The molecule has 13 heavy (non-hydrogen) atoms. The van der Waals surface area contributed by atoms with E-state index in [0.717, 1.165) is 12.1 Å². The summed E-state index contributed by atoms with van der Waals surface area (Å²) >= 11 is 1.55. The van der Waals surface area contributed by atoms with Gasteiger partial charge in [0.05, 0.1) is 0 Å². The Bertz CT molecular complexity index is 360. The van der Waals surface area contributed by atoms with Crippen LogP contribution in [0.3, 0.4) is 0 Å². The van der Waals surface area contributed by atoms with Crippen molar-refractivity contribution in [1.82, 2.24) is 4.98 Å². The minimum absolute atomic E-state index is 0.0161. The summed E-state index contributed by atoms with van der Waals surface area (Å²) in [5, 5.41) is 0. The maximum atomic E-state index is 11.7. The van der Waals surface area contributed by atoms with Crippen LogP contribution in [0.4, 0.5) is 13.2 Å². The predicted molar refractivity (Wildman–Crippen MR) is 46.5 cm³/mol. The molecule has 0 saturated heterocycles. The number of alkyl halides is 3. The second-order valence-corrected chi connectivity index (χ2v) is 3.13. The standard InChI is InChI=1S/C6H3F3INO2/c7-6(8,9)13-3-1-2-4(12)11-5(3)10/h1-2H,(H,11,12). The van der Waals surface area contributed by atoms with Gasteiger partial charge in [-0.25, -0.2) is 0 Å². The Labute approximate surface area is 84.0 Å². The van der Waals surface area contributed by atoms with Gasteiger partial charge in [-0.3, -0.25) is 4.79 Å². The number of hydrogen-bond acceptors (Lipinski definition) is 2. The summed E-state index contributed by atoms with van der Waals surface area (Å²) in [6.45, 7) is 0. The highest BCUT2D eigenvalue weighted by Crippen LogP contribution is 2.24. The van der Waals surface area contributed by atoms with Gasteiger partial charge in [-0.2, -0.15) is 0 Å². The summed E-state index contributed by atoms with van der Waals surface area (Å²) in [6, 6.07) is 1.93. The lowest BCUT2D eigenvalue weighted by Gasteiger charge is -2.09. The molecule has 0 aliphatic heterocycles. The molecule has 0 radical (unpaired) electrons. The number of rotatable bonds is 1. The van der Waals surface area contributed by atoms with Gasteiger partial charge in [0.2, 0.25) is 5.56 Å². The zero-order chi connectivity index (χ0) is 10.1. The third-order valence-electron chi connectivity index (χ3n) is 1.06. The number of H-pyrrole nitrogens is 1. The maximum absolute atomic E-state index is 11.7. The van der Waals surface area contributed by atoms with E-state index in [1.807, 2.05) is 0 Å². The Morgan fingerprint density at radius 2 is 2.00 bits per heavy atom. The molecule has 0 amide bonds. The fraction of sp³-hybridized carbons (Fsp3) is 0.167. The van der Waals surface area contributed by atoms with Crippen molar-refractivity contribution in [2.45, 2.75) is 6.36 Å². The van der Waals surface area contributed by atoms with E-state index in [9.17, 15) is 18.0 Å². The van der Waals surface area contributed by atoms with Gasteiger partial charge in [-0.15, -0.1) is 13.2 Å². The van der Waals surface area contributed by atoms with Crippen molar-refractivity contribution in [1.29, 1.82) is 0 Å². The molecule has 0 spiro atoms. The van der Waals surface area contributed by atoms with Crippen LogP contribution in [-0.2, 0) is 0 Å². The van der Waals surface area contributed by atoms with Gasteiger partial charge >= 0.3 is 6.36 Å². The van der Waals surface area contributed by atoms with Crippen molar-refractivity contribution in [2.75, 3.05) is 0 Å². The van der Waals surface area contributed by atoms with Crippen molar-refractivity contribution in [3.8, 4) is 5.75 Å². The molecule has 1 aromatic rings. The first-order valence-electron chi connectivity index (χ1n) is 3.03. The minimum atomic E-state index is -4.74. The van der Waals surface area contributed by atoms with E-state index in [4.69, 9.17) is 0 Å². The molecular formula is C6H3F3INO2. The number of halogens is 4. The van der Waals surface area contributed by atoms with Crippen molar-refractivity contribution in [3.63, 3.8) is 0 Å². The van der Waals surface area contributed by atoms with Crippen molar-refractivity contribution >= 4 is 22.6 Å². The van der Waals surface area contributed by atoms with Crippen LogP contribution in [0.2, 0.25) is 0 Å². The molecule has 0 unspecified atom stereocenters. The topological polar surface area (TPSA) is 42.1 Å². The second-order valence-electron chi connectivity index (χ2n) is 2.05. The third kappa shape index (κ3) is 3.25. The Morgan fingerprint density at radius 1 is 1.38 bits per heavy atom. The van der Waals surface area contributed by atoms with E-state index in [2.05, 4.69) is 9.72 Å². The number of hydrogen-bond donors (Lipinski definition) is 1. The molecule has 7 heteroatoms. The van der Waals surface area contributed by atoms with E-state index < -0.39 is 17.7 Å². The molecule has 1 rings (SSSR count). The highest BCUT2D eigenvalue weighted by atomic mass is 127. The maximum Gasteiger partial charge on any atom is 0.573 e. The lowest BCUT2D eigenvalue weighted by Crippen LogP contribution is -2.19. The summed E-state index contributed by atoms with van der Waals surface area (Å²) in [5.41, 5.74) is -0.473. The third-order valence-corrected chi connectivity index (χ3v) is 1.86. The summed E-state index contributed by atoms with van der Waals surface area (Å²) < 4.78 is 38.7. The molecule has 0 aliphatic carbocycles. The Balaban J connectivity index is 2.97. The van der Waals surface area contributed by atoms with Crippen LogP contribution in [0.5, 0.6) is 5.75 Å². The summed E-state index contributed by atoms with van der Waals surface area (Å²) in [5.74, 6) is -0.410. The fourth-order valence-corrected chi connectivity index (χ4v) is 1.20. The van der Waals surface area contributed by atoms with Crippen LogP contribution in [-0.4, -0.2) is 11.3 Å². The molecule has 1 aromatic heterocycles. The molecular weight excluding hydrogens is 302 g/mol. The Hall–Kier alpha value is -0.730. The lowest BCUT2D eigenvalue weighted by molar-refractivity contribution is -0.275. The van der Waals surface area contributed by atoms with Gasteiger partial charge in [-0.05, 0) is 28.7 Å². The number of ether oxygens (including phenoxy) is 1. The van der Waals surface area contributed by atoms with E-state index in [1.165, 1.54) is 0 Å². The summed E-state index contributed by atoms with van der Waals surface area (Å²) in [7, 11) is 0. The summed E-state index contributed by atoms with van der Waals surface area (Å²) in [4.78, 5) is 12.8. The first kappa shape index (κ1) is 10.4.